The van der Waals surface area contributed by atoms with E-state index < -0.39 is 0 Å². The van der Waals surface area contributed by atoms with Crippen LogP contribution in [0, 0.1) is 6.92 Å². The van der Waals surface area contributed by atoms with E-state index in [-0.39, 0.29) is 0 Å². The number of hydrogen-bond donors (Lipinski definition) is 3. The predicted molar refractivity (Wildman–Crippen MR) is 82.6 cm³/mol. The van der Waals surface area contributed by atoms with E-state index in [1.807, 2.05) is 43.5 Å². The number of aryl methyl sites for hydroxylation is 1. The molecule has 0 fully saturated rings. The normalized spacial score (nSPS) is 10.7. The van der Waals surface area contributed by atoms with Crippen LogP contribution in [-0.4, -0.2) is 14.6 Å². The smallest absolute Gasteiger partial charge is 0.147 e. The quantitative estimate of drug-likeness (QED) is 0.688. The van der Waals surface area contributed by atoms with Crippen LogP contribution in [0.3, 0.4) is 0 Å². The fourth-order valence-electron chi connectivity index (χ4n) is 2.04. The summed E-state index contributed by atoms with van der Waals surface area (Å²) in [7, 11) is 0. The van der Waals surface area contributed by atoms with Gasteiger partial charge in [-0.1, -0.05) is 30.3 Å². The van der Waals surface area contributed by atoms with Gasteiger partial charge in [0.1, 0.15) is 10.8 Å². The van der Waals surface area contributed by atoms with E-state index in [1.54, 1.807) is 0 Å². The maximum atomic E-state index is 5.99. The maximum absolute atomic E-state index is 5.99. The highest BCUT2D eigenvalue weighted by Crippen LogP contribution is 2.36. The van der Waals surface area contributed by atoms with Crippen molar-refractivity contribution < 1.29 is 0 Å². The van der Waals surface area contributed by atoms with Crippen molar-refractivity contribution in [2.24, 2.45) is 0 Å². The van der Waals surface area contributed by atoms with Gasteiger partial charge in [-0.25, -0.2) is 0 Å². The van der Waals surface area contributed by atoms with Crippen molar-refractivity contribution in [2.75, 3.05) is 11.1 Å². The molecule has 1 aromatic carbocycles. The van der Waals surface area contributed by atoms with Crippen LogP contribution in [0.2, 0.25) is 0 Å². The molecule has 20 heavy (non-hydrogen) atoms. The molecule has 0 spiro atoms. The first-order valence-electron chi connectivity index (χ1n) is 6.29. The summed E-state index contributed by atoms with van der Waals surface area (Å²) in [5, 5.41) is 11.3. The number of aromatic amines is 1. The summed E-state index contributed by atoms with van der Waals surface area (Å²) in [4.78, 5) is 0. The van der Waals surface area contributed by atoms with Gasteiger partial charge in [-0.05, 0) is 24.0 Å². The molecule has 102 valence electrons. The molecule has 0 aliphatic heterocycles. The van der Waals surface area contributed by atoms with Crippen molar-refractivity contribution in [1.82, 2.24) is 14.6 Å². The number of benzene rings is 1. The molecule has 3 aromatic rings. The standard InChI is InChI=1S/C14H15N5S/c1-9-11(8-17-18-9)7-16-14-12(13(15)19-20-14)10-5-3-2-4-6-10/h2-6,8,16H,7H2,1H3,(H2,15,19)(H,17,18). The summed E-state index contributed by atoms with van der Waals surface area (Å²) in [5.74, 6) is 0.563. The van der Waals surface area contributed by atoms with E-state index >= 15 is 0 Å². The number of hydrogen-bond acceptors (Lipinski definition) is 5. The Bertz CT molecular complexity index is 701. The maximum Gasteiger partial charge on any atom is 0.147 e. The zero-order chi connectivity index (χ0) is 13.9. The zero-order valence-corrected chi connectivity index (χ0v) is 11.9. The molecule has 5 nitrogen and oxygen atoms in total. The van der Waals surface area contributed by atoms with Gasteiger partial charge in [0.15, 0.2) is 0 Å². The van der Waals surface area contributed by atoms with Crippen LogP contribution < -0.4 is 11.1 Å². The Hall–Kier alpha value is -2.34. The molecule has 0 aliphatic carbocycles. The van der Waals surface area contributed by atoms with Crippen molar-refractivity contribution in [2.45, 2.75) is 13.5 Å². The second-order valence-corrected chi connectivity index (χ2v) is 5.29. The molecule has 0 saturated carbocycles. The van der Waals surface area contributed by atoms with E-state index in [0.717, 1.165) is 27.4 Å². The van der Waals surface area contributed by atoms with Crippen LogP contribution in [-0.2, 0) is 6.54 Å². The summed E-state index contributed by atoms with van der Waals surface area (Å²) in [6.07, 6.45) is 1.83. The summed E-state index contributed by atoms with van der Waals surface area (Å²) in [6.45, 7) is 2.70. The van der Waals surface area contributed by atoms with Crippen molar-refractivity contribution in [3.05, 3.63) is 47.8 Å². The van der Waals surface area contributed by atoms with Gasteiger partial charge >= 0.3 is 0 Å². The minimum atomic E-state index is 0.563. The highest BCUT2D eigenvalue weighted by molar-refractivity contribution is 7.11. The third kappa shape index (κ3) is 2.37. The van der Waals surface area contributed by atoms with E-state index in [9.17, 15) is 0 Å². The molecule has 6 heteroatoms. The first-order valence-corrected chi connectivity index (χ1v) is 7.06. The second kappa shape index (κ2) is 5.34. The molecule has 2 heterocycles. The molecule has 0 atom stereocenters. The number of rotatable bonds is 4. The van der Waals surface area contributed by atoms with Gasteiger partial charge in [0.05, 0.1) is 11.8 Å². The molecule has 3 rings (SSSR count). The SMILES string of the molecule is Cc1[nH]ncc1CNc1snc(N)c1-c1ccccc1. The van der Waals surface area contributed by atoms with E-state index in [2.05, 4.69) is 19.9 Å². The zero-order valence-electron chi connectivity index (χ0n) is 11.1. The molecule has 4 N–H and O–H groups in total. The van der Waals surface area contributed by atoms with Crippen LogP contribution >= 0.6 is 11.5 Å². The third-order valence-corrected chi connectivity index (χ3v) is 3.97. The van der Waals surface area contributed by atoms with E-state index in [0.29, 0.717) is 12.4 Å². The number of aromatic nitrogens is 3. The minimum Gasteiger partial charge on any atom is -0.382 e. The molecule has 0 unspecified atom stereocenters. The fraction of sp³-hybridized carbons (Fsp3) is 0.143. The first-order chi connectivity index (χ1) is 9.75. The van der Waals surface area contributed by atoms with Crippen molar-refractivity contribution in [3.8, 4) is 11.1 Å². The minimum absolute atomic E-state index is 0.563. The number of nitrogens with two attached hydrogens (primary N) is 1. The third-order valence-electron chi connectivity index (χ3n) is 3.15. The number of anilines is 2. The first kappa shape index (κ1) is 12.7. The summed E-state index contributed by atoms with van der Waals surface area (Å²) in [6, 6.07) is 10.1. The van der Waals surface area contributed by atoms with Gasteiger partial charge < -0.3 is 11.1 Å². The topological polar surface area (TPSA) is 79.6 Å². The van der Waals surface area contributed by atoms with Crippen LogP contribution in [0.15, 0.2) is 36.5 Å². The largest absolute Gasteiger partial charge is 0.382 e. The molecular weight excluding hydrogens is 270 g/mol. The fourth-order valence-corrected chi connectivity index (χ4v) is 2.77. The lowest BCUT2D eigenvalue weighted by Crippen LogP contribution is -2.00. The Kier molecular flexibility index (Phi) is 3.39. The lowest BCUT2D eigenvalue weighted by molar-refractivity contribution is 1.04. The molecule has 0 bridgehead atoms. The van der Waals surface area contributed by atoms with Gasteiger partial charge in [0.25, 0.3) is 0 Å². The lowest BCUT2D eigenvalue weighted by Gasteiger charge is -2.07. The van der Waals surface area contributed by atoms with Crippen LogP contribution in [0.4, 0.5) is 10.8 Å². The van der Waals surface area contributed by atoms with Gasteiger partial charge in [0.2, 0.25) is 0 Å². The van der Waals surface area contributed by atoms with Gasteiger partial charge in [0, 0.05) is 17.8 Å². The Morgan fingerprint density at radius 2 is 2.10 bits per heavy atom. The summed E-state index contributed by atoms with van der Waals surface area (Å²) < 4.78 is 4.25. The van der Waals surface area contributed by atoms with Gasteiger partial charge in [-0.3, -0.25) is 5.10 Å². The Morgan fingerprint density at radius 3 is 2.80 bits per heavy atom. The summed E-state index contributed by atoms with van der Waals surface area (Å²) >= 11 is 1.38. The molecule has 2 aromatic heterocycles. The van der Waals surface area contributed by atoms with Crippen molar-refractivity contribution in [1.29, 1.82) is 0 Å². The monoisotopic (exact) mass is 285 g/mol. The van der Waals surface area contributed by atoms with Gasteiger partial charge in [-0.15, -0.1) is 0 Å². The molecule has 0 saturated heterocycles. The van der Waals surface area contributed by atoms with E-state index in [4.69, 9.17) is 5.73 Å². The number of nitrogens with zero attached hydrogens (tertiary/aromatic N) is 2. The Morgan fingerprint density at radius 1 is 1.30 bits per heavy atom. The number of nitrogen functional groups attached to an aromatic ring is 1. The molecule has 0 amide bonds. The highest BCUT2D eigenvalue weighted by Gasteiger charge is 2.13. The average Bonchev–Trinajstić information content (AvgIpc) is 3.03. The number of H-pyrrole nitrogens is 1. The molecular formula is C14H15N5S. The van der Waals surface area contributed by atoms with E-state index in [1.165, 1.54) is 11.5 Å². The van der Waals surface area contributed by atoms with Crippen LogP contribution in [0.25, 0.3) is 11.1 Å². The van der Waals surface area contributed by atoms with Crippen LogP contribution in [0.5, 0.6) is 0 Å². The van der Waals surface area contributed by atoms with Crippen LogP contribution in [0.1, 0.15) is 11.3 Å². The lowest BCUT2D eigenvalue weighted by atomic mass is 10.1. The number of nitrogens with one attached hydrogen (secondary N) is 2. The predicted octanol–water partition coefficient (Wildman–Crippen LogP) is 3.04. The molecule has 0 radical (unpaired) electrons. The average molecular weight is 285 g/mol. The van der Waals surface area contributed by atoms with Crippen molar-refractivity contribution in [3.63, 3.8) is 0 Å². The Balaban J connectivity index is 1.86. The van der Waals surface area contributed by atoms with Crippen molar-refractivity contribution >= 4 is 22.4 Å². The molecule has 0 aliphatic rings. The Labute approximate surface area is 121 Å². The van der Waals surface area contributed by atoms with Gasteiger partial charge in [-0.2, -0.15) is 9.47 Å². The summed E-state index contributed by atoms with van der Waals surface area (Å²) in [5.41, 5.74) is 10.2. The second-order valence-electron chi connectivity index (χ2n) is 4.51. The highest BCUT2D eigenvalue weighted by atomic mass is 32.1.